The molecule has 1 heterocycles. The third kappa shape index (κ3) is 5.81. The van der Waals surface area contributed by atoms with Crippen molar-refractivity contribution < 1.29 is 70.2 Å². The van der Waals surface area contributed by atoms with Crippen LogP contribution in [0.4, 0.5) is 0 Å². The summed E-state index contributed by atoms with van der Waals surface area (Å²) in [5, 5.41) is 104. The number of ketones is 2. The highest BCUT2D eigenvalue weighted by molar-refractivity contribution is 6.28. The predicted molar refractivity (Wildman–Crippen MR) is 148 cm³/mol. The van der Waals surface area contributed by atoms with E-state index in [-0.39, 0.29) is 17.1 Å². The van der Waals surface area contributed by atoms with Crippen LogP contribution >= 0.6 is 0 Å². The Morgan fingerprint density at radius 1 is 0.864 bits per heavy atom. The zero-order valence-corrected chi connectivity index (χ0v) is 22.8. The second-order valence-electron chi connectivity index (χ2n) is 10.4. The Labute approximate surface area is 249 Å². The third-order valence-electron chi connectivity index (χ3n) is 7.57. The summed E-state index contributed by atoms with van der Waals surface area (Å²) in [6, 6.07) is 10.2. The van der Waals surface area contributed by atoms with Gasteiger partial charge in [-0.25, -0.2) is 0 Å². The number of aliphatic carboxylic acids is 1. The first-order valence-corrected chi connectivity index (χ1v) is 13.2. The molecule has 0 aromatic heterocycles. The number of ether oxygens (including phenoxy) is 1. The molecule has 0 spiro atoms. The average Bonchev–Trinajstić information content (AvgIpc) is 2.98. The van der Waals surface area contributed by atoms with Crippen LogP contribution in [-0.4, -0.2) is 111 Å². The molecule has 14 heteroatoms. The predicted octanol–water partition coefficient (Wildman–Crippen LogP) is -0.281. The van der Waals surface area contributed by atoms with Crippen molar-refractivity contribution in [2.75, 3.05) is 6.61 Å². The number of aliphatic hydroxyl groups excluding tert-OH is 6. The van der Waals surface area contributed by atoms with Crippen LogP contribution in [0, 0.1) is 0 Å². The Kier molecular flexibility index (Phi) is 9.25. The van der Waals surface area contributed by atoms with Crippen molar-refractivity contribution in [1.29, 1.82) is 0 Å². The minimum Gasteiger partial charge on any atom is -0.508 e. The van der Waals surface area contributed by atoms with Crippen LogP contribution in [0.15, 0.2) is 77.3 Å². The number of phenolic OH excluding ortho intramolecular Hbond substituents is 2. The molecule has 0 radical (unpaired) electrons. The monoisotopic (exact) mass is 614 g/mol. The van der Waals surface area contributed by atoms with Crippen molar-refractivity contribution in [1.82, 2.24) is 0 Å². The van der Waals surface area contributed by atoms with E-state index in [4.69, 9.17) is 4.74 Å². The highest BCUT2D eigenvalue weighted by Gasteiger charge is 2.64. The van der Waals surface area contributed by atoms with Gasteiger partial charge in [-0.15, -0.1) is 0 Å². The summed E-state index contributed by atoms with van der Waals surface area (Å²) in [6.45, 7) is -0.994. The number of carbonyl (C=O) groups excluding carboxylic acids is 2. The summed E-state index contributed by atoms with van der Waals surface area (Å²) in [4.78, 5) is 39.8. The molecule has 7 atom stereocenters. The number of Topliss-reactive ketones (excluding diaryl/α,β-unsaturated/α-hetero) is 2. The summed E-state index contributed by atoms with van der Waals surface area (Å²) < 4.78 is 5.35. The van der Waals surface area contributed by atoms with Crippen LogP contribution in [0.3, 0.4) is 0 Å². The Hall–Kier alpha value is -4.57. The minimum absolute atomic E-state index is 0.0177. The number of carbonyl (C=O) groups is 3. The van der Waals surface area contributed by atoms with Crippen LogP contribution in [0.5, 0.6) is 11.5 Å². The van der Waals surface area contributed by atoms with Crippen molar-refractivity contribution >= 4 is 23.6 Å². The quantitative estimate of drug-likeness (QED) is 0.104. The van der Waals surface area contributed by atoms with Crippen molar-refractivity contribution in [3.63, 3.8) is 0 Å². The maximum atomic E-state index is 14.1. The largest absolute Gasteiger partial charge is 0.508 e. The van der Waals surface area contributed by atoms with E-state index < -0.39 is 95.3 Å². The number of phenols is 2. The topological polar surface area (TPSA) is 263 Å². The molecule has 44 heavy (non-hydrogen) atoms. The van der Waals surface area contributed by atoms with E-state index in [0.717, 1.165) is 18.2 Å². The number of aromatic hydroxyl groups is 2. The highest BCUT2D eigenvalue weighted by atomic mass is 16.6. The van der Waals surface area contributed by atoms with Crippen LogP contribution in [0.2, 0.25) is 0 Å². The summed E-state index contributed by atoms with van der Waals surface area (Å²) in [6.07, 6.45) is -9.28. The lowest BCUT2D eigenvalue weighted by Gasteiger charge is -2.47. The van der Waals surface area contributed by atoms with Crippen molar-refractivity contribution in [3.05, 3.63) is 88.4 Å². The van der Waals surface area contributed by atoms with Crippen molar-refractivity contribution in [3.8, 4) is 11.5 Å². The highest BCUT2D eigenvalue weighted by Crippen LogP contribution is 2.44. The third-order valence-corrected chi connectivity index (χ3v) is 7.57. The first kappa shape index (κ1) is 32.3. The smallest absolute Gasteiger partial charge is 0.304 e. The van der Waals surface area contributed by atoms with Gasteiger partial charge >= 0.3 is 5.97 Å². The lowest BCUT2D eigenvalue weighted by atomic mass is 9.67. The summed E-state index contributed by atoms with van der Waals surface area (Å²) >= 11 is 0. The molecule has 1 fully saturated rings. The fraction of sp³-hybridized carbons (Fsp3) is 0.300. The van der Waals surface area contributed by atoms with Crippen LogP contribution in [0.25, 0.3) is 6.08 Å². The molecule has 1 saturated heterocycles. The van der Waals surface area contributed by atoms with E-state index in [9.17, 15) is 65.4 Å². The van der Waals surface area contributed by atoms with Gasteiger partial charge in [0.2, 0.25) is 17.2 Å². The standard InChI is InChI=1S/C30H30O14/c31-12-19-23(37)25(39)26(40)29(44-19)30(43)27(41)21(17(11-20(35)36)14-4-8-16(33)9-5-14)24(38)22(28(30)42)18(34)10-3-13-1-6-15(32)7-2-13/h1-10,17,19,23,25-26,29,31-34,37-40,43H,11-12H2,(H,35,36)/b10-3?,22-18-. The van der Waals surface area contributed by atoms with Gasteiger partial charge < -0.3 is 55.8 Å². The Morgan fingerprint density at radius 2 is 1.43 bits per heavy atom. The molecule has 234 valence electrons. The average molecular weight is 615 g/mol. The number of carboxylic acids is 1. The molecule has 0 bridgehead atoms. The molecule has 7 unspecified atom stereocenters. The van der Waals surface area contributed by atoms with Gasteiger partial charge in [0, 0.05) is 11.5 Å². The van der Waals surface area contributed by atoms with Gasteiger partial charge in [0.1, 0.15) is 59.1 Å². The normalized spacial score (nSPS) is 29.6. The summed E-state index contributed by atoms with van der Waals surface area (Å²) in [7, 11) is 0. The number of allylic oxidation sites excluding steroid dienone is 2. The molecular weight excluding hydrogens is 584 g/mol. The van der Waals surface area contributed by atoms with Gasteiger partial charge in [0.05, 0.1) is 13.0 Å². The van der Waals surface area contributed by atoms with Gasteiger partial charge in [-0.1, -0.05) is 30.3 Å². The van der Waals surface area contributed by atoms with Crippen LogP contribution < -0.4 is 0 Å². The first-order chi connectivity index (χ1) is 20.7. The first-order valence-electron chi connectivity index (χ1n) is 13.2. The van der Waals surface area contributed by atoms with Gasteiger partial charge in [0.25, 0.3) is 0 Å². The number of benzene rings is 2. The molecular formula is C30H30O14. The number of hydrogen-bond donors (Lipinski definition) is 10. The molecule has 0 saturated carbocycles. The molecule has 0 amide bonds. The van der Waals surface area contributed by atoms with Gasteiger partial charge in [-0.2, -0.15) is 0 Å². The Morgan fingerprint density at radius 3 is 1.98 bits per heavy atom. The number of aliphatic hydroxyl groups is 7. The lowest BCUT2D eigenvalue weighted by Crippen LogP contribution is -2.71. The Bertz CT molecular complexity index is 1520. The minimum atomic E-state index is -3.54. The molecule has 1 aliphatic carbocycles. The van der Waals surface area contributed by atoms with Gasteiger partial charge in [0.15, 0.2) is 0 Å². The van der Waals surface area contributed by atoms with Gasteiger partial charge in [-0.05, 0) is 41.5 Å². The van der Waals surface area contributed by atoms with E-state index >= 15 is 0 Å². The SMILES string of the molecule is O=C(O)CC(C1=C(O)/C(=C(/O)C=Cc2ccc(O)cc2)C(=O)C(O)(C2OC(CO)C(O)C(O)C2O)C1=O)c1ccc(O)cc1. The lowest BCUT2D eigenvalue weighted by molar-refractivity contribution is -0.260. The molecule has 14 nitrogen and oxygen atoms in total. The molecule has 10 N–H and O–H groups in total. The van der Waals surface area contributed by atoms with E-state index in [2.05, 4.69) is 0 Å². The van der Waals surface area contributed by atoms with Crippen LogP contribution in [-0.2, 0) is 19.1 Å². The zero-order chi connectivity index (χ0) is 32.5. The molecule has 4 rings (SSSR count). The maximum absolute atomic E-state index is 14.1. The maximum Gasteiger partial charge on any atom is 0.304 e. The summed E-state index contributed by atoms with van der Waals surface area (Å²) in [5.74, 6) is -9.00. The molecule has 1 aliphatic heterocycles. The van der Waals surface area contributed by atoms with E-state index in [1.165, 1.54) is 42.5 Å². The number of hydrogen-bond acceptors (Lipinski definition) is 13. The van der Waals surface area contributed by atoms with E-state index in [1.807, 2.05) is 0 Å². The van der Waals surface area contributed by atoms with Crippen LogP contribution in [0.1, 0.15) is 23.5 Å². The molecule has 2 aromatic carbocycles. The second kappa shape index (κ2) is 12.6. The fourth-order valence-electron chi connectivity index (χ4n) is 5.23. The zero-order valence-electron chi connectivity index (χ0n) is 22.8. The number of carboxylic acid groups (broad SMARTS) is 1. The fourth-order valence-corrected chi connectivity index (χ4v) is 5.23. The van der Waals surface area contributed by atoms with E-state index in [0.29, 0.717) is 5.56 Å². The molecule has 2 aliphatic rings. The number of rotatable bonds is 8. The Balaban J connectivity index is 1.98. The van der Waals surface area contributed by atoms with Crippen molar-refractivity contribution in [2.45, 2.75) is 48.5 Å². The summed E-state index contributed by atoms with van der Waals surface area (Å²) in [5.41, 5.74) is -5.11. The van der Waals surface area contributed by atoms with Crippen molar-refractivity contribution in [2.24, 2.45) is 0 Å². The molecule has 2 aromatic rings. The second-order valence-corrected chi connectivity index (χ2v) is 10.4. The van der Waals surface area contributed by atoms with E-state index in [1.54, 1.807) is 0 Å². The van der Waals surface area contributed by atoms with Gasteiger partial charge in [-0.3, -0.25) is 14.4 Å².